The maximum Gasteiger partial charge on any atom is 0.434 e. The summed E-state index contributed by atoms with van der Waals surface area (Å²) in [6.45, 7) is 5.45. The molecule has 3 rings (SSSR count). The number of hydrogen-bond donors (Lipinski definition) is 1. The average Bonchev–Trinajstić information content (AvgIpc) is 3.23. The lowest BCUT2D eigenvalue weighted by molar-refractivity contribution is -0.143. The summed E-state index contributed by atoms with van der Waals surface area (Å²) in [5.74, 6) is -1.80. The second-order valence-corrected chi connectivity index (χ2v) is 7.13. The van der Waals surface area contributed by atoms with Crippen LogP contribution in [0, 0.1) is 5.82 Å². The fourth-order valence-electron chi connectivity index (χ4n) is 3.68. The van der Waals surface area contributed by atoms with Crippen LogP contribution < -0.4 is 5.32 Å². The molecule has 1 amide bonds. The number of alkyl halides is 3. The maximum atomic E-state index is 14.1. The highest BCUT2D eigenvalue weighted by molar-refractivity contribution is 5.95. The lowest BCUT2D eigenvalue weighted by Crippen LogP contribution is -2.38. The number of carbonyl (C=O) groups excluding carboxylic acids is 1. The molecule has 0 saturated carbocycles. The van der Waals surface area contributed by atoms with Crippen LogP contribution in [0.3, 0.4) is 0 Å². The standard InChI is InChI=1S/C23H24F4N4O/c1-3-30(4-2)20(16-10-6-5-7-11-16)15-28-22(32)17-14-29-31(21(17)23(25,26)27)19-13-9-8-12-18(19)24/h5-14,20H,3-4,15H2,1-2H3,(H,28,32). The molecule has 1 heterocycles. The van der Waals surface area contributed by atoms with E-state index in [-0.39, 0.29) is 18.3 Å². The zero-order valence-electron chi connectivity index (χ0n) is 17.7. The maximum absolute atomic E-state index is 14.1. The number of carbonyl (C=O) groups is 1. The minimum absolute atomic E-state index is 0.104. The Morgan fingerprint density at radius 1 is 1.06 bits per heavy atom. The number of para-hydroxylation sites is 1. The van der Waals surface area contributed by atoms with E-state index in [1.807, 2.05) is 44.2 Å². The molecule has 0 radical (unpaired) electrons. The summed E-state index contributed by atoms with van der Waals surface area (Å²) in [5.41, 5.74) is -1.43. The Labute approximate surface area is 183 Å². The largest absolute Gasteiger partial charge is 0.434 e. The highest BCUT2D eigenvalue weighted by Gasteiger charge is 2.41. The Bertz CT molecular complexity index is 1050. The smallest absolute Gasteiger partial charge is 0.350 e. The summed E-state index contributed by atoms with van der Waals surface area (Å²) in [7, 11) is 0. The minimum Gasteiger partial charge on any atom is -0.350 e. The summed E-state index contributed by atoms with van der Waals surface area (Å²) >= 11 is 0. The fourth-order valence-corrected chi connectivity index (χ4v) is 3.68. The molecule has 0 aliphatic carbocycles. The van der Waals surface area contributed by atoms with Crippen molar-refractivity contribution in [2.24, 2.45) is 0 Å². The number of benzene rings is 2. The highest BCUT2D eigenvalue weighted by atomic mass is 19.4. The van der Waals surface area contributed by atoms with Gasteiger partial charge in [0.15, 0.2) is 5.69 Å². The number of rotatable bonds is 8. The zero-order valence-corrected chi connectivity index (χ0v) is 17.7. The Morgan fingerprint density at radius 3 is 2.28 bits per heavy atom. The van der Waals surface area contributed by atoms with E-state index in [9.17, 15) is 22.4 Å². The van der Waals surface area contributed by atoms with Gasteiger partial charge in [-0.05, 0) is 30.8 Å². The molecule has 1 unspecified atom stereocenters. The molecule has 3 aromatic rings. The Balaban J connectivity index is 1.91. The molecular weight excluding hydrogens is 424 g/mol. The van der Waals surface area contributed by atoms with Gasteiger partial charge in [0.25, 0.3) is 5.91 Å². The molecule has 1 atom stereocenters. The first-order chi connectivity index (χ1) is 15.3. The van der Waals surface area contributed by atoms with Gasteiger partial charge in [0.1, 0.15) is 11.5 Å². The van der Waals surface area contributed by atoms with Crippen molar-refractivity contribution in [1.82, 2.24) is 20.0 Å². The molecule has 0 bridgehead atoms. The monoisotopic (exact) mass is 448 g/mol. The van der Waals surface area contributed by atoms with E-state index in [2.05, 4.69) is 15.3 Å². The Hall–Kier alpha value is -3.20. The minimum atomic E-state index is -4.91. The van der Waals surface area contributed by atoms with Crippen molar-refractivity contribution in [3.05, 3.63) is 83.4 Å². The number of likely N-dealkylation sites (N-methyl/N-ethyl adjacent to an activating group) is 1. The van der Waals surface area contributed by atoms with Gasteiger partial charge in [0, 0.05) is 6.54 Å². The van der Waals surface area contributed by atoms with Crippen LogP contribution in [0.4, 0.5) is 17.6 Å². The first-order valence-electron chi connectivity index (χ1n) is 10.2. The number of nitrogens with one attached hydrogen (secondary N) is 1. The van der Waals surface area contributed by atoms with Crippen molar-refractivity contribution >= 4 is 5.91 Å². The van der Waals surface area contributed by atoms with Crippen molar-refractivity contribution in [3.8, 4) is 5.69 Å². The molecule has 5 nitrogen and oxygen atoms in total. The van der Waals surface area contributed by atoms with Gasteiger partial charge in [-0.3, -0.25) is 9.69 Å². The quantitative estimate of drug-likeness (QED) is 0.502. The summed E-state index contributed by atoms with van der Waals surface area (Å²) in [5, 5.41) is 6.28. The SMILES string of the molecule is CCN(CC)C(CNC(=O)c1cnn(-c2ccccc2F)c1C(F)(F)F)c1ccccc1. The van der Waals surface area contributed by atoms with Crippen LogP contribution in [-0.2, 0) is 6.18 Å². The third-order valence-corrected chi connectivity index (χ3v) is 5.26. The lowest BCUT2D eigenvalue weighted by Gasteiger charge is -2.30. The van der Waals surface area contributed by atoms with Gasteiger partial charge >= 0.3 is 6.18 Å². The van der Waals surface area contributed by atoms with Gasteiger partial charge < -0.3 is 5.32 Å². The van der Waals surface area contributed by atoms with Gasteiger partial charge in [0.2, 0.25) is 0 Å². The second kappa shape index (κ2) is 9.95. The lowest BCUT2D eigenvalue weighted by atomic mass is 10.0. The van der Waals surface area contributed by atoms with Gasteiger partial charge in [0.05, 0.1) is 17.8 Å². The zero-order chi connectivity index (χ0) is 23.3. The van der Waals surface area contributed by atoms with Crippen LogP contribution in [0.1, 0.15) is 41.5 Å². The van der Waals surface area contributed by atoms with Crippen LogP contribution in [0.25, 0.3) is 5.69 Å². The van der Waals surface area contributed by atoms with E-state index in [1.165, 1.54) is 18.2 Å². The van der Waals surface area contributed by atoms with Crippen LogP contribution in [0.2, 0.25) is 0 Å². The molecule has 32 heavy (non-hydrogen) atoms. The number of hydrogen-bond acceptors (Lipinski definition) is 3. The third-order valence-electron chi connectivity index (χ3n) is 5.26. The summed E-state index contributed by atoms with van der Waals surface area (Å²) in [4.78, 5) is 14.9. The molecular formula is C23H24F4N4O. The molecule has 1 aromatic heterocycles. The summed E-state index contributed by atoms with van der Waals surface area (Å²) in [6.07, 6.45) is -4.09. The van der Waals surface area contributed by atoms with E-state index >= 15 is 0 Å². The number of aromatic nitrogens is 2. The first-order valence-corrected chi connectivity index (χ1v) is 10.2. The van der Waals surface area contributed by atoms with Crippen LogP contribution in [0.5, 0.6) is 0 Å². The van der Waals surface area contributed by atoms with Crippen molar-refractivity contribution in [3.63, 3.8) is 0 Å². The molecule has 0 fully saturated rings. The third kappa shape index (κ3) is 4.99. The molecule has 0 spiro atoms. The van der Waals surface area contributed by atoms with Crippen LogP contribution in [-0.4, -0.2) is 40.2 Å². The number of nitrogens with zero attached hydrogens (tertiary/aromatic N) is 3. The normalized spacial score (nSPS) is 12.7. The highest BCUT2D eigenvalue weighted by Crippen LogP contribution is 2.34. The van der Waals surface area contributed by atoms with Crippen molar-refractivity contribution < 1.29 is 22.4 Å². The van der Waals surface area contributed by atoms with E-state index in [1.54, 1.807) is 0 Å². The Morgan fingerprint density at radius 2 is 1.69 bits per heavy atom. The van der Waals surface area contributed by atoms with Crippen LogP contribution in [0.15, 0.2) is 60.8 Å². The van der Waals surface area contributed by atoms with Crippen LogP contribution >= 0.6 is 0 Å². The van der Waals surface area contributed by atoms with Crippen molar-refractivity contribution in [2.45, 2.75) is 26.1 Å². The van der Waals surface area contributed by atoms with Gasteiger partial charge in [-0.1, -0.05) is 56.3 Å². The topological polar surface area (TPSA) is 50.2 Å². The van der Waals surface area contributed by atoms with Gasteiger partial charge in [-0.15, -0.1) is 0 Å². The molecule has 0 aliphatic rings. The molecule has 2 aromatic carbocycles. The summed E-state index contributed by atoms with van der Waals surface area (Å²) in [6, 6.07) is 14.2. The second-order valence-electron chi connectivity index (χ2n) is 7.13. The average molecular weight is 448 g/mol. The van der Waals surface area contributed by atoms with E-state index < -0.39 is 29.2 Å². The predicted octanol–water partition coefficient (Wildman–Crippen LogP) is 4.84. The van der Waals surface area contributed by atoms with Crippen molar-refractivity contribution in [1.29, 1.82) is 0 Å². The molecule has 9 heteroatoms. The molecule has 0 saturated heterocycles. The predicted molar refractivity (Wildman–Crippen MR) is 113 cm³/mol. The van der Waals surface area contributed by atoms with Crippen molar-refractivity contribution in [2.75, 3.05) is 19.6 Å². The molecule has 170 valence electrons. The molecule has 1 N–H and O–H groups in total. The Kier molecular flexibility index (Phi) is 7.29. The summed E-state index contributed by atoms with van der Waals surface area (Å²) < 4.78 is 56.1. The fraction of sp³-hybridized carbons (Fsp3) is 0.304. The first kappa shape index (κ1) is 23.5. The number of amides is 1. The van der Waals surface area contributed by atoms with E-state index in [0.717, 1.165) is 17.8 Å². The number of halogens is 4. The van der Waals surface area contributed by atoms with Gasteiger partial charge in [-0.2, -0.15) is 18.3 Å². The molecule has 0 aliphatic heterocycles. The van der Waals surface area contributed by atoms with Gasteiger partial charge in [-0.25, -0.2) is 9.07 Å². The van der Waals surface area contributed by atoms with E-state index in [4.69, 9.17) is 0 Å². The van der Waals surface area contributed by atoms with E-state index in [0.29, 0.717) is 17.8 Å².